The van der Waals surface area contributed by atoms with E-state index < -0.39 is 9.84 Å². The molecule has 0 aliphatic carbocycles. The molecule has 0 saturated heterocycles. The molecule has 0 unspecified atom stereocenters. The van der Waals surface area contributed by atoms with Crippen molar-refractivity contribution in [1.82, 2.24) is 9.97 Å². The van der Waals surface area contributed by atoms with Gasteiger partial charge in [0.15, 0.2) is 0 Å². The Balaban J connectivity index is 0.00000217. The van der Waals surface area contributed by atoms with Crippen LogP contribution in [0.5, 0.6) is 5.75 Å². The predicted octanol–water partition coefficient (Wildman–Crippen LogP) is 2.72. The van der Waals surface area contributed by atoms with Gasteiger partial charge in [-0.15, -0.1) is 0 Å². The van der Waals surface area contributed by atoms with Crippen molar-refractivity contribution in [3.8, 4) is 5.75 Å². The lowest BCUT2D eigenvalue weighted by Gasteiger charge is -2.22. The molecular formula is C25H36N4O7S. The minimum absolute atomic E-state index is 0.0679. The Morgan fingerprint density at radius 3 is 2.46 bits per heavy atom. The number of anilines is 2. The topological polar surface area (TPSA) is 168 Å². The van der Waals surface area contributed by atoms with Gasteiger partial charge in [-0.3, -0.25) is 4.79 Å². The Labute approximate surface area is 218 Å². The van der Waals surface area contributed by atoms with Gasteiger partial charge < -0.3 is 20.5 Å². The average molecular weight is 537 g/mol. The van der Waals surface area contributed by atoms with Crippen molar-refractivity contribution in [2.24, 2.45) is 0 Å². The normalized spacial score (nSPS) is 11.5. The third-order valence-corrected chi connectivity index (χ3v) is 6.54. The Kier molecular flexibility index (Phi) is 13.9. The molecule has 3 N–H and O–H groups in total. The van der Waals surface area contributed by atoms with Gasteiger partial charge in [0.05, 0.1) is 18.6 Å². The summed E-state index contributed by atoms with van der Waals surface area (Å²) < 4.78 is 34.0. The fourth-order valence-corrected chi connectivity index (χ4v) is 4.53. The van der Waals surface area contributed by atoms with Crippen LogP contribution in [0, 0.1) is 0 Å². The first-order valence-electron chi connectivity index (χ1n) is 11.9. The number of benzene rings is 1. The van der Waals surface area contributed by atoms with Crippen molar-refractivity contribution in [3.05, 3.63) is 40.6 Å². The molecule has 0 fully saturated rings. The number of rotatable bonds is 15. The molecule has 1 atom stereocenters. The Hall–Kier alpha value is -3.50. The van der Waals surface area contributed by atoms with Gasteiger partial charge in [0.2, 0.25) is 5.95 Å². The zero-order valence-electron chi connectivity index (χ0n) is 21.8. The molecule has 2 aromatic rings. The zero-order chi connectivity index (χ0) is 27.8. The van der Waals surface area contributed by atoms with Gasteiger partial charge in [-0.25, -0.2) is 13.4 Å². The maximum absolute atomic E-state index is 11.8. The van der Waals surface area contributed by atoms with E-state index in [-0.39, 0.29) is 30.5 Å². The monoisotopic (exact) mass is 536 g/mol. The molecule has 11 nitrogen and oxygen atoms in total. The second kappa shape index (κ2) is 16.3. The van der Waals surface area contributed by atoms with Gasteiger partial charge in [-0.1, -0.05) is 32.8 Å². The smallest absolute Gasteiger partial charge is 0.373 e. The van der Waals surface area contributed by atoms with Crippen molar-refractivity contribution in [2.45, 2.75) is 65.0 Å². The standard InChI is InChI=1S/C24H36N4O5S.CO2/c1-5-7-8-19(11-12-34(4,30)31)26-23-20(21(6-2)27-24(25)28-23)14-18-13-17(15-33-16-29)9-10-22(18)32-3;2-1-3/h9-10,13,16,19H,5-8,11-12,14-15H2,1-4H3,(H3,25,26,27,28);/t19-;/m0./s1. The number of nitrogen functional groups attached to an aromatic ring is 1. The summed E-state index contributed by atoms with van der Waals surface area (Å²) in [6.07, 6.45) is 5.88. The lowest BCUT2D eigenvalue weighted by Crippen LogP contribution is -2.25. The van der Waals surface area contributed by atoms with Gasteiger partial charge in [0.25, 0.3) is 6.47 Å². The minimum Gasteiger partial charge on any atom is -0.496 e. The van der Waals surface area contributed by atoms with Gasteiger partial charge in [-0.05, 0) is 42.5 Å². The Morgan fingerprint density at radius 2 is 1.89 bits per heavy atom. The number of unbranched alkanes of at least 4 members (excludes halogenated alkanes) is 1. The largest absolute Gasteiger partial charge is 0.496 e. The number of sulfone groups is 1. The van der Waals surface area contributed by atoms with E-state index in [2.05, 4.69) is 22.2 Å². The number of nitrogens with zero attached hydrogens (tertiary/aromatic N) is 2. The average Bonchev–Trinajstić information content (AvgIpc) is 2.85. The molecule has 2 rings (SSSR count). The minimum atomic E-state index is -3.09. The van der Waals surface area contributed by atoms with E-state index in [1.165, 1.54) is 6.26 Å². The van der Waals surface area contributed by atoms with Gasteiger partial charge in [0.1, 0.15) is 28.0 Å². The summed E-state index contributed by atoms with van der Waals surface area (Å²) in [5.41, 5.74) is 9.43. The molecule has 0 aliphatic rings. The highest BCUT2D eigenvalue weighted by atomic mass is 32.2. The summed E-state index contributed by atoms with van der Waals surface area (Å²) in [6.45, 7) is 4.68. The fourth-order valence-electron chi connectivity index (χ4n) is 3.82. The number of hydrogen-bond donors (Lipinski definition) is 2. The van der Waals surface area contributed by atoms with E-state index >= 15 is 0 Å². The number of aryl methyl sites for hydroxylation is 1. The van der Waals surface area contributed by atoms with Crippen LogP contribution in [0.25, 0.3) is 0 Å². The maximum Gasteiger partial charge on any atom is 0.373 e. The number of carbonyl (C=O) groups excluding carboxylic acids is 3. The van der Waals surface area contributed by atoms with Crippen LogP contribution in [0.15, 0.2) is 18.2 Å². The Bertz CT molecular complexity index is 1150. The summed E-state index contributed by atoms with van der Waals surface area (Å²) >= 11 is 0. The lowest BCUT2D eigenvalue weighted by atomic mass is 9.99. The van der Waals surface area contributed by atoms with Crippen molar-refractivity contribution >= 4 is 34.2 Å². The van der Waals surface area contributed by atoms with Gasteiger partial charge >= 0.3 is 6.15 Å². The van der Waals surface area contributed by atoms with E-state index in [0.29, 0.717) is 37.3 Å². The zero-order valence-corrected chi connectivity index (χ0v) is 22.6. The number of ether oxygens (including phenoxy) is 2. The first-order chi connectivity index (χ1) is 17.6. The summed E-state index contributed by atoms with van der Waals surface area (Å²) in [4.78, 5) is 35.8. The molecule has 0 radical (unpaired) electrons. The quantitative estimate of drug-likeness (QED) is 0.321. The number of methoxy groups -OCH3 is 1. The van der Waals surface area contributed by atoms with Crippen LogP contribution in [-0.2, 0) is 48.4 Å². The summed E-state index contributed by atoms with van der Waals surface area (Å²) in [5, 5.41) is 3.47. The third kappa shape index (κ3) is 11.4. The van der Waals surface area contributed by atoms with E-state index in [1.54, 1.807) is 7.11 Å². The van der Waals surface area contributed by atoms with Crippen molar-refractivity contribution in [2.75, 3.05) is 30.2 Å². The van der Waals surface area contributed by atoms with Crippen molar-refractivity contribution in [3.63, 3.8) is 0 Å². The molecule has 0 aliphatic heterocycles. The first kappa shape index (κ1) is 31.5. The van der Waals surface area contributed by atoms with E-state index in [0.717, 1.165) is 41.6 Å². The summed E-state index contributed by atoms with van der Waals surface area (Å²) in [5.74, 6) is 1.56. The van der Waals surface area contributed by atoms with Crippen LogP contribution in [0.2, 0.25) is 0 Å². The number of hydrogen-bond acceptors (Lipinski definition) is 11. The second-order valence-corrected chi connectivity index (χ2v) is 10.7. The summed E-state index contributed by atoms with van der Waals surface area (Å²) in [6, 6.07) is 5.55. The summed E-state index contributed by atoms with van der Waals surface area (Å²) in [7, 11) is -1.49. The van der Waals surface area contributed by atoms with Crippen molar-refractivity contribution < 1.29 is 32.3 Å². The lowest BCUT2D eigenvalue weighted by molar-refractivity contribution is -0.191. The molecule has 0 saturated carbocycles. The third-order valence-electron chi connectivity index (χ3n) is 5.56. The number of aromatic nitrogens is 2. The fraction of sp³-hybridized carbons (Fsp3) is 0.520. The second-order valence-electron chi connectivity index (χ2n) is 8.42. The molecule has 1 aromatic heterocycles. The number of carbonyl (C=O) groups is 1. The van der Waals surface area contributed by atoms with Crippen LogP contribution in [-0.4, -0.2) is 56.2 Å². The van der Waals surface area contributed by atoms with Crippen LogP contribution in [0.1, 0.15) is 61.9 Å². The highest BCUT2D eigenvalue weighted by Crippen LogP contribution is 2.29. The molecule has 0 bridgehead atoms. The molecule has 1 aromatic carbocycles. The molecule has 204 valence electrons. The number of nitrogens with two attached hydrogens (primary N) is 1. The van der Waals surface area contributed by atoms with E-state index in [4.69, 9.17) is 24.8 Å². The van der Waals surface area contributed by atoms with Gasteiger partial charge in [0, 0.05) is 24.3 Å². The Morgan fingerprint density at radius 1 is 1.19 bits per heavy atom. The molecule has 37 heavy (non-hydrogen) atoms. The molecule has 1 heterocycles. The molecule has 0 spiro atoms. The first-order valence-corrected chi connectivity index (χ1v) is 14.0. The molecule has 12 heteroatoms. The van der Waals surface area contributed by atoms with E-state index in [1.807, 2.05) is 25.1 Å². The maximum atomic E-state index is 11.8. The van der Waals surface area contributed by atoms with Crippen LogP contribution < -0.4 is 15.8 Å². The van der Waals surface area contributed by atoms with Crippen LogP contribution in [0.4, 0.5) is 11.8 Å². The molecular weight excluding hydrogens is 500 g/mol. The van der Waals surface area contributed by atoms with Gasteiger partial charge in [-0.2, -0.15) is 14.6 Å². The predicted molar refractivity (Wildman–Crippen MR) is 139 cm³/mol. The van der Waals surface area contributed by atoms with Crippen LogP contribution >= 0.6 is 0 Å². The SMILES string of the molecule is CCCC[C@@H](CCS(C)(=O)=O)Nc1nc(N)nc(CC)c1Cc1cc(COC=O)ccc1OC.O=C=O. The van der Waals surface area contributed by atoms with Crippen LogP contribution in [0.3, 0.4) is 0 Å². The highest BCUT2D eigenvalue weighted by molar-refractivity contribution is 7.90. The van der Waals surface area contributed by atoms with Crippen molar-refractivity contribution in [1.29, 1.82) is 0 Å². The number of nitrogens with one attached hydrogen (secondary N) is 1. The molecule has 0 amide bonds. The van der Waals surface area contributed by atoms with E-state index in [9.17, 15) is 13.2 Å². The highest BCUT2D eigenvalue weighted by Gasteiger charge is 2.20.